The van der Waals surface area contributed by atoms with E-state index in [9.17, 15) is 4.11 Å². The molecule has 0 radical (unpaired) electrons. The summed E-state index contributed by atoms with van der Waals surface area (Å²) in [5, 5.41) is 5.10. The van der Waals surface area contributed by atoms with Crippen LogP contribution in [0.1, 0.15) is 11.0 Å². The average molecular weight is 657 g/mol. The van der Waals surface area contributed by atoms with Crippen LogP contribution in [0.3, 0.4) is 0 Å². The van der Waals surface area contributed by atoms with Crippen molar-refractivity contribution in [1.82, 2.24) is 0 Å². The predicted octanol–water partition coefficient (Wildman–Crippen LogP) is 14.2. The van der Waals surface area contributed by atoms with Gasteiger partial charge in [0.2, 0.25) is 0 Å². The molecular formula is C50H32O. The van der Waals surface area contributed by atoms with Crippen LogP contribution in [0.25, 0.3) is 99.1 Å². The van der Waals surface area contributed by atoms with Gasteiger partial charge in [-0.1, -0.05) is 170 Å². The van der Waals surface area contributed by atoms with Crippen molar-refractivity contribution in [3.8, 4) is 55.6 Å². The van der Waals surface area contributed by atoms with Crippen LogP contribution < -0.4 is 0 Å². The summed E-state index contributed by atoms with van der Waals surface area (Å²) in [5.74, 6) is 0. The minimum absolute atomic E-state index is 0.00551. The molecule has 0 spiro atoms. The Kier molecular flexibility index (Phi) is 5.21. The molecule has 1 aromatic heterocycles. The molecule has 0 bridgehead atoms. The third-order valence-corrected chi connectivity index (χ3v) is 9.68. The molecule has 0 saturated heterocycles. The minimum Gasteiger partial charge on any atom is -0.456 e. The molecular weight excluding hydrogens is 617 g/mol. The van der Waals surface area contributed by atoms with Crippen LogP contribution in [0.15, 0.2) is 198 Å². The molecule has 0 aliphatic carbocycles. The summed E-state index contributed by atoms with van der Waals surface area (Å²) < 4.78 is 79.2. The van der Waals surface area contributed by atoms with E-state index < -0.39 is 30.2 Å². The van der Waals surface area contributed by atoms with E-state index in [0.717, 1.165) is 65.7 Å². The third kappa shape index (κ3) is 4.86. The molecule has 0 N–H and O–H groups in total. The Bertz CT molecular complexity index is 3270. The molecule has 0 aliphatic heterocycles. The van der Waals surface area contributed by atoms with Gasteiger partial charge in [-0.3, -0.25) is 0 Å². The van der Waals surface area contributed by atoms with Crippen LogP contribution in [-0.4, -0.2) is 0 Å². The molecule has 1 heterocycles. The molecule has 0 fully saturated rings. The Morgan fingerprint density at radius 1 is 0.353 bits per heavy atom. The zero-order valence-corrected chi connectivity index (χ0v) is 27.3. The summed E-state index contributed by atoms with van der Waals surface area (Å²) in [7, 11) is 0. The topological polar surface area (TPSA) is 13.1 Å². The first-order valence-electron chi connectivity index (χ1n) is 20.9. The van der Waals surface area contributed by atoms with Crippen molar-refractivity contribution in [3.63, 3.8) is 0 Å². The second-order valence-corrected chi connectivity index (χ2v) is 12.6. The molecule has 1 heteroatoms. The second kappa shape index (κ2) is 12.0. The molecule has 0 aliphatic rings. The number of rotatable bonds is 5. The maximum atomic E-state index is 10.0. The number of benzene rings is 9. The molecule has 0 saturated carbocycles. The highest BCUT2D eigenvalue weighted by Crippen LogP contribution is 2.48. The SMILES string of the molecule is [2H]c1c([2H])c([2H])c(-c2c([2H])c(-c3c4ccccc4c(-c4cccc5oc6cc(-c7ccccc7)ccc6c45)c4ccccc34)c([2H])c([2H])c2-c2ccccc2)c([2H])c1[2H]. The van der Waals surface area contributed by atoms with Gasteiger partial charge in [0.1, 0.15) is 11.2 Å². The smallest absolute Gasteiger partial charge is 0.136 e. The normalized spacial score (nSPS) is 13.7. The summed E-state index contributed by atoms with van der Waals surface area (Å²) in [5.41, 5.74) is 6.68. The molecule has 1 nitrogen and oxygen atoms in total. The highest BCUT2D eigenvalue weighted by molar-refractivity contribution is 6.25. The van der Waals surface area contributed by atoms with Gasteiger partial charge in [-0.15, -0.1) is 0 Å². The van der Waals surface area contributed by atoms with Crippen molar-refractivity contribution in [3.05, 3.63) is 194 Å². The average Bonchev–Trinajstić information content (AvgIpc) is 3.65. The first kappa shape index (κ1) is 22.1. The van der Waals surface area contributed by atoms with Crippen molar-refractivity contribution in [2.75, 3.05) is 0 Å². The van der Waals surface area contributed by atoms with Crippen LogP contribution >= 0.6 is 0 Å². The Labute approximate surface area is 307 Å². The molecule has 238 valence electrons. The fourth-order valence-electron chi connectivity index (χ4n) is 7.45. The van der Waals surface area contributed by atoms with E-state index in [1.807, 2.05) is 84.9 Å². The van der Waals surface area contributed by atoms with Crippen molar-refractivity contribution >= 4 is 43.5 Å². The van der Waals surface area contributed by atoms with Gasteiger partial charge in [0.05, 0.1) is 11.0 Å². The molecule has 10 rings (SSSR count). The van der Waals surface area contributed by atoms with Gasteiger partial charge in [0.25, 0.3) is 0 Å². The first-order valence-corrected chi connectivity index (χ1v) is 16.9. The zero-order valence-electron chi connectivity index (χ0n) is 35.3. The maximum Gasteiger partial charge on any atom is 0.136 e. The van der Waals surface area contributed by atoms with Gasteiger partial charge in [0.15, 0.2) is 0 Å². The number of fused-ring (bicyclic) bond motifs is 5. The molecule has 0 unspecified atom stereocenters. The van der Waals surface area contributed by atoms with Gasteiger partial charge in [-0.2, -0.15) is 0 Å². The van der Waals surface area contributed by atoms with Crippen molar-refractivity contribution in [2.24, 2.45) is 0 Å². The fourth-order valence-corrected chi connectivity index (χ4v) is 7.45. The number of hydrogen-bond acceptors (Lipinski definition) is 1. The Morgan fingerprint density at radius 2 is 0.980 bits per heavy atom. The van der Waals surface area contributed by atoms with E-state index in [0.29, 0.717) is 11.1 Å². The highest BCUT2D eigenvalue weighted by Gasteiger charge is 2.21. The molecule has 9 aromatic carbocycles. The van der Waals surface area contributed by atoms with Crippen molar-refractivity contribution in [2.45, 2.75) is 0 Å². The van der Waals surface area contributed by atoms with Gasteiger partial charge in [-0.05, 0) is 101 Å². The monoisotopic (exact) mass is 656 g/mol. The number of hydrogen-bond donors (Lipinski definition) is 0. The standard InChI is InChI=1S/C50H32O/c1-4-15-33(16-5-1)36-27-30-43-47(32-36)51-46-26-14-25-44(50(43)46)49-41-23-12-10-21-39(41)48(40-22-11-13-24-42(40)49)37-28-29-38(34-17-6-2-7-18-34)45(31-37)35-19-8-3-9-20-35/h1-32H/i3D,8D,9D,19D,20D,28D,29D,31D. The van der Waals surface area contributed by atoms with Crippen molar-refractivity contribution < 1.29 is 15.4 Å². The van der Waals surface area contributed by atoms with E-state index in [-0.39, 0.29) is 40.4 Å². The largest absolute Gasteiger partial charge is 0.456 e. The maximum absolute atomic E-state index is 10.0. The lowest BCUT2D eigenvalue weighted by Crippen LogP contribution is -1.93. The third-order valence-electron chi connectivity index (χ3n) is 9.68. The summed E-state index contributed by atoms with van der Waals surface area (Å²) in [6, 6.07) is 43.8. The van der Waals surface area contributed by atoms with Crippen LogP contribution in [-0.2, 0) is 0 Å². The van der Waals surface area contributed by atoms with E-state index in [1.54, 1.807) is 24.3 Å². The Morgan fingerprint density at radius 3 is 1.67 bits per heavy atom. The first-order chi connectivity index (χ1) is 28.7. The molecule has 10 aromatic rings. The molecule has 0 atom stereocenters. The van der Waals surface area contributed by atoms with E-state index in [4.69, 9.17) is 11.3 Å². The predicted molar refractivity (Wildman–Crippen MR) is 216 cm³/mol. The summed E-state index contributed by atoms with van der Waals surface area (Å²) in [6.45, 7) is 0. The lowest BCUT2D eigenvalue weighted by atomic mass is 9.83. The van der Waals surface area contributed by atoms with Gasteiger partial charge >= 0.3 is 0 Å². The minimum atomic E-state index is -0.551. The van der Waals surface area contributed by atoms with Crippen LogP contribution in [0.2, 0.25) is 0 Å². The van der Waals surface area contributed by atoms with Gasteiger partial charge in [0, 0.05) is 10.8 Å². The summed E-state index contributed by atoms with van der Waals surface area (Å²) >= 11 is 0. The van der Waals surface area contributed by atoms with E-state index in [1.165, 1.54) is 0 Å². The van der Waals surface area contributed by atoms with E-state index in [2.05, 4.69) is 36.4 Å². The lowest BCUT2D eigenvalue weighted by Gasteiger charge is -2.19. The summed E-state index contributed by atoms with van der Waals surface area (Å²) in [6.07, 6.45) is 0. The van der Waals surface area contributed by atoms with Crippen LogP contribution in [0.4, 0.5) is 0 Å². The van der Waals surface area contributed by atoms with Crippen molar-refractivity contribution in [1.29, 1.82) is 0 Å². The quantitative estimate of drug-likeness (QED) is 0.168. The van der Waals surface area contributed by atoms with E-state index >= 15 is 0 Å². The van der Waals surface area contributed by atoms with Gasteiger partial charge < -0.3 is 4.42 Å². The molecule has 0 amide bonds. The Balaban J connectivity index is 1.32. The summed E-state index contributed by atoms with van der Waals surface area (Å²) in [4.78, 5) is 0. The fraction of sp³-hybridized carbons (Fsp3) is 0. The van der Waals surface area contributed by atoms with Crippen LogP contribution in [0, 0.1) is 0 Å². The zero-order chi connectivity index (χ0) is 40.7. The van der Waals surface area contributed by atoms with Gasteiger partial charge in [-0.25, -0.2) is 0 Å². The number of furan rings is 1. The second-order valence-electron chi connectivity index (χ2n) is 12.6. The highest BCUT2D eigenvalue weighted by atomic mass is 16.3. The lowest BCUT2D eigenvalue weighted by molar-refractivity contribution is 0.669. The van der Waals surface area contributed by atoms with Crippen LogP contribution in [0.5, 0.6) is 0 Å². The molecule has 51 heavy (non-hydrogen) atoms. The Hall–Kier alpha value is -6.70.